The lowest BCUT2D eigenvalue weighted by atomic mass is 10.1. The summed E-state index contributed by atoms with van der Waals surface area (Å²) in [5.41, 5.74) is 4.12. The van der Waals surface area contributed by atoms with E-state index in [4.69, 9.17) is 14.6 Å². The van der Waals surface area contributed by atoms with Gasteiger partial charge < -0.3 is 9.47 Å². The van der Waals surface area contributed by atoms with Gasteiger partial charge in [0.15, 0.2) is 5.82 Å². The first-order valence-electron chi connectivity index (χ1n) is 14.4. The number of rotatable bonds is 12. The lowest BCUT2D eigenvalue weighted by Crippen LogP contribution is -2.23. The summed E-state index contributed by atoms with van der Waals surface area (Å²) in [6.07, 6.45) is 11.3. The van der Waals surface area contributed by atoms with E-state index in [1.165, 1.54) is 15.9 Å². The van der Waals surface area contributed by atoms with Crippen molar-refractivity contribution in [2.24, 2.45) is 0 Å². The van der Waals surface area contributed by atoms with Crippen molar-refractivity contribution in [2.75, 3.05) is 13.2 Å². The predicted octanol–water partition coefficient (Wildman–Crippen LogP) is 6.47. The molecule has 0 radical (unpaired) electrons. The highest BCUT2D eigenvalue weighted by molar-refractivity contribution is 7.15. The summed E-state index contributed by atoms with van der Waals surface area (Å²) < 4.78 is 15.2. The number of aromatic nitrogens is 5. The Hall–Kier alpha value is -5.28. The predicted molar refractivity (Wildman–Crippen MR) is 176 cm³/mol. The molecule has 220 valence electrons. The number of ether oxygens (including phenoxy) is 2. The van der Waals surface area contributed by atoms with E-state index < -0.39 is 0 Å². The molecule has 0 spiro atoms. The number of para-hydroxylation sites is 1. The van der Waals surface area contributed by atoms with Gasteiger partial charge in [-0.2, -0.15) is 14.6 Å². The molecule has 0 amide bonds. The van der Waals surface area contributed by atoms with Crippen molar-refractivity contribution in [3.63, 3.8) is 0 Å². The van der Waals surface area contributed by atoms with Crippen LogP contribution in [-0.4, -0.2) is 37.6 Å². The van der Waals surface area contributed by atoms with Gasteiger partial charge in [0.05, 0.1) is 16.8 Å². The first-order valence-corrected chi connectivity index (χ1v) is 15.2. The van der Waals surface area contributed by atoms with Crippen LogP contribution in [0.3, 0.4) is 0 Å². The van der Waals surface area contributed by atoms with E-state index in [1.807, 2.05) is 102 Å². The van der Waals surface area contributed by atoms with E-state index >= 15 is 0 Å². The fourth-order valence-corrected chi connectivity index (χ4v) is 5.47. The number of nitrogens with zero attached hydrogens (tertiary/aromatic N) is 5. The van der Waals surface area contributed by atoms with Gasteiger partial charge in [-0.1, -0.05) is 85.9 Å². The number of benzene rings is 3. The maximum Gasteiger partial charge on any atom is 0.291 e. The molecule has 0 unspecified atom stereocenters. The number of hydrogen-bond donors (Lipinski definition) is 0. The second kappa shape index (κ2) is 13.4. The van der Waals surface area contributed by atoms with E-state index in [0.29, 0.717) is 28.5 Å². The van der Waals surface area contributed by atoms with Crippen molar-refractivity contribution in [1.29, 1.82) is 0 Å². The molecular weight excluding hydrogens is 570 g/mol. The number of fused-ring (bicyclic) bond motifs is 1. The van der Waals surface area contributed by atoms with Crippen molar-refractivity contribution in [2.45, 2.75) is 19.8 Å². The van der Waals surface area contributed by atoms with Crippen LogP contribution in [0.5, 0.6) is 11.5 Å². The second-order valence-electron chi connectivity index (χ2n) is 10.0. The van der Waals surface area contributed by atoms with Gasteiger partial charge in [-0.3, -0.25) is 4.79 Å². The summed E-state index contributed by atoms with van der Waals surface area (Å²) in [5.74, 6) is 2.02. The lowest BCUT2D eigenvalue weighted by Gasteiger charge is -2.07. The molecule has 0 aliphatic rings. The Morgan fingerprint density at radius 2 is 1.77 bits per heavy atom. The standard InChI is InChI=1S/C35H31N5O3S/c1-3-5-21-43-30-13-9-10-26(22-30)33-27(24-39(38-33)28-11-7-6-8-12-28)23-31-34(41)40-35(44-31)36-32(37-40)19-16-25-14-17-29(18-15-25)42-20-4-2/h4,6-19,22-24H,2-3,5,20-21H2,1H3/b19-16+,31-23-. The Balaban J connectivity index is 1.32. The lowest BCUT2D eigenvalue weighted by molar-refractivity contribution is 0.309. The highest BCUT2D eigenvalue weighted by atomic mass is 32.1. The van der Waals surface area contributed by atoms with Gasteiger partial charge in [-0.25, -0.2) is 4.68 Å². The summed E-state index contributed by atoms with van der Waals surface area (Å²) in [4.78, 5) is 18.5. The zero-order valence-electron chi connectivity index (χ0n) is 24.3. The van der Waals surface area contributed by atoms with Crippen LogP contribution < -0.4 is 19.6 Å². The summed E-state index contributed by atoms with van der Waals surface area (Å²) in [7, 11) is 0. The third-order valence-electron chi connectivity index (χ3n) is 6.80. The smallest absolute Gasteiger partial charge is 0.291 e. The van der Waals surface area contributed by atoms with Crippen LogP contribution in [0.25, 0.3) is 40.1 Å². The molecule has 6 rings (SSSR count). The summed E-state index contributed by atoms with van der Waals surface area (Å²) in [5, 5.41) is 9.37. The van der Waals surface area contributed by atoms with Crippen molar-refractivity contribution in [1.82, 2.24) is 24.4 Å². The Morgan fingerprint density at radius 3 is 2.55 bits per heavy atom. The van der Waals surface area contributed by atoms with E-state index in [9.17, 15) is 4.79 Å². The zero-order valence-corrected chi connectivity index (χ0v) is 25.1. The average molecular weight is 602 g/mol. The summed E-state index contributed by atoms with van der Waals surface area (Å²) in [6, 6.07) is 25.5. The first kappa shape index (κ1) is 28.8. The highest BCUT2D eigenvalue weighted by Gasteiger charge is 2.14. The maximum atomic E-state index is 13.4. The molecule has 0 fully saturated rings. The van der Waals surface area contributed by atoms with E-state index in [1.54, 1.807) is 12.2 Å². The number of unbranched alkanes of at least 4 members (excludes halogenated alkanes) is 1. The van der Waals surface area contributed by atoms with Gasteiger partial charge in [-0.05, 0) is 60.5 Å². The van der Waals surface area contributed by atoms with E-state index in [0.717, 1.165) is 52.4 Å². The molecule has 3 heterocycles. The van der Waals surface area contributed by atoms with Crippen molar-refractivity contribution in [3.05, 3.63) is 130 Å². The fraction of sp³-hybridized carbons (Fsp3) is 0.143. The first-order chi connectivity index (χ1) is 21.6. The zero-order chi connectivity index (χ0) is 30.3. The maximum absolute atomic E-state index is 13.4. The minimum atomic E-state index is -0.226. The minimum absolute atomic E-state index is 0.226. The SMILES string of the molecule is C=CCOc1ccc(/C=C/c2nc3s/c(=C\c4cn(-c5ccccc5)nc4-c4cccc(OCCCC)c4)c(=O)n3n2)cc1. The Kier molecular flexibility index (Phi) is 8.75. The molecule has 0 saturated heterocycles. The monoisotopic (exact) mass is 601 g/mol. The molecule has 0 aliphatic carbocycles. The van der Waals surface area contributed by atoms with Crippen LogP contribution in [0.1, 0.15) is 36.7 Å². The van der Waals surface area contributed by atoms with Gasteiger partial charge in [0.25, 0.3) is 5.56 Å². The van der Waals surface area contributed by atoms with Crippen molar-refractivity contribution >= 4 is 34.5 Å². The molecule has 6 aromatic rings. The second-order valence-corrected chi connectivity index (χ2v) is 11.0. The fourth-order valence-electron chi connectivity index (χ4n) is 4.56. The van der Waals surface area contributed by atoms with Gasteiger partial charge in [-0.15, -0.1) is 5.10 Å². The summed E-state index contributed by atoms with van der Waals surface area (Å²) >= 11 is 1.30. The molecule has 0 aliphatic heterocycles. The largest absolute Gasteiger partial charge is 0.494 e. The quantitative estimate of drug-likeness (QED) is 0.118. The van der Waals surface area contributed by atoms with Crippen LogP contribution >= 0.6 is 11.3 Å². The third-order valence-corrected chi connectivity index (χ3v) is 7.75. The molecule has 0 bridgehead atoms. The molecule has 44 heavy (non-hydrogen) atoms. The Labute approximate surface area is 258 Å². The molecule has 0 N–H and O–H groups in total. The topological polar surface area (TPSA) is 83.5 Å². The third kappa shape index (κ3) is 6.53. The van der Waals surface area contributed by atoms with Crippen molar-refractivity contribution in [3.8, 4) is 28.4 Å². The molecule has 9 heteroatoms. The van der Waals surface area contributed by atoms with Crippen molar-refractivity contribution < 1.29 is 9.47 Å². The number of hydrogen-bond acceptors (Lipinski definition) is 7. The Bertz CT molecular complexity index is 2020. The summed E-state index contributed by atoms with van der Waals surface area (Å²) in [6.45, 7) is 6.92. The van der Waals surface area contributed by atoms with Crippen LogP contribution in [0, 0.1) is 0 Å². The molecule has 8 nitrogen and oxygen atoms in total. The molecule has 3 aromatic heterocycles. The molecule has 3 aromatic carbocycles. The van der Waals surface area contributed by atoms with Gasteiger partial charge in [0.1, 0.15) is 23.8 Å². The Morgan fingerprint density at radius 1 is 0.932 bits per heavy atom. The minimum Gasteiger partial charge on any atom is -0.494 e. The molecule has 0 saturated carbocycles. The van der Waals surface area contributed by atoms with Gasteiger partial charge in [0, 0.05) is 17.3 Å². The molecule has 0 atom stereocenters. The molecular formula is C35H31N5O3S. The van der Waals surface area contributed by atoms with Crippen LogP contribution in [0.15, 0.2) is 103 Å². The average Bonchev–Trinajstić information content (AvgIpc) is 3.75. The van der Waals surface area contributed by atoms with Crippen LogP contribution in [0.2, 0.25) is 0 Å². The van der Waals surface area contributed by atoms with Crippen LogP contribution in [-0.2, 0) is 0 Å². The number of thiazole rings is 1. The highest BCUT2D eigenvalue weighted by Crippen LogP contribution is 2.28. The van der Waals surface area contributed by atoms with E-state index in [-0.39, 0.29) is 5.56 Å². The van der Waals surface area contributed by atoms with Gasteiger partial charge >= 0.3 is 0 Å². The van der Waals surface area contributed by atoms with E-state index in [2.05, 4.69) is 23.6 Å². The van der Waals surface area contributed by atoms with Crippen LogP contribution in [0.4, 0.5) is 0 Å². The van der Waals surface area contributed by atoms with Gasteiger partial charge in [0.2, 0.25) is 4.96 Å². The normalized spacial score (nSPS) is 11.9.